The Morgan fingerprint density at radius 1 is 1.22 bits per heavy atom. The fourth-order valence-corrected chi connectivity index (χ4v) is 5.28. The maximum Gasteiger partial charge on any atom is 0.252 e. The van der Waals surface area contributed by atoms with Gasteiger partial charge < -0.3 is 5.32 Å². The molecule has 3 nitrogen and oxygen atoms in total. The van der Waals surface area contributed by atoms with Crippen LogP contribution < -0.4 is 5.32 Å². The molecule has 23 heavy (non-hydrogen) atoms. The Morgan fingerprint density at radius 2 is 1.96 bits per heavy atom. The average Bonchev–Trinajstić information content (AvgIpc) is 2.97. The zero-order valence-electron chi connectivity index (χ0n) is 14.6. The summed E-state index contributed by atoms with van der Waals surface area (Å²) in [6.45, 7) is 6.57. The van der Waals surface area contributed by atoms with Crippen molar-refractivity contribution in [3.05, 3.63) is 21.4 Å². The number of hydrogen-bond acceptors (Lipinski definition) is 3. The largest absolute Gasteiger partial charge is 0.352 e. The number of piperidine rings is 1. The Kier molecular flexibility index (Phi) is 5.76. The van der Waals surface area contributed by atoms with Gasteiger partial charge in [0.05, 0.1) is 5.56 Å². The van der Waals surface area contributed by atoms with Crippen molar-refractivity contribution < 1.29 is 4.79 Å². The van der Waals surface area contributed by atoms with Crippen LogP contribution in [0.3, 0.4) is 0 Å². The molecule has 0 radical (unpaired) electrons. The summed E-state index contributed by atoms with van der Waals surface area (Å²) in [5, 5.41) is 5.22. The summed E-state index contributed by atoms with van der Waals surface area (Å²) >= 11 is 1.77. The van der Waals surface area contributed by atoms with Crippen LogP contribution in [-0.4, -0.2) is 36.0 Å². The minimum Gasteiger partial charge on any atom is -0.352 e. The Labute approximate surface area is 144 Å². The Balaban J connectivity index is 1.45. The maximum atomic E-state index is 12.4. The zero-order valence-corrected chi connectivity index (χ0v) is 15.4. The molecule has 1 aromatic rings. The normalized spacial score (nSPS) is 25.1. The van der Waals surface area contributed by atoms with Crippen molar-refractivity contribution in [2.45, 2.75) is 77.3 Å². The molecule has 1 aliphatic carbocycles. The zero-order chi connectivity index (χ0) is 16.2. The second-order valence-electron chi connectivity index (χ2n) is 7.23. The van der Waals surface area contributed by atoms with Gasteiger partial charge in [-0.2, -0.15) is 0 Å². The Hall–Kier alpha value is -0.870. The van der Waals surface area contributed by atoms with Crippen LogP contribution in [0.1, 0.15) is 73.2 Å². The lowest BCUT2D eigenvalue weighted by atomic mass is 9.95. The highest BCUT2D eigenvalue weighted by Gasteiger charge is 2.24. The van der Waals surface area contributed by atoms with E-state index in [9.17, 15) is 4.79 Å². The molecule has 0 bridgehead atoms. The number of aryl methyl sites for hydroxylation is 1. The van der Waals surface area contributed by atoms with Gasteiger partial charge in [-0.1, -0.05) is 6.42 Å². The first-order chi connectivity index (χ1) is 11.2. The first-order valence-electron chi connectivity index (χ1n) is 9.30. The highest BCUT2D eigenvalue weighted by Crippen LogP contribution is 2.30. The monoisotopic (exact) mass is 334 g/mol. The molecule has 1 saturated heterocycles. The van der Waals surface area contributed by atoms with Crippen molar-refractivity contribution in [3.8, 4) is 0 Å². The van der Waals surface area contributed by atoms with Crippen LogP contribution in [0, 0.1) is 0 Å². The van der Waals surface area contributed by atoms with E-state index in [-0.39, 0.29) is 5.91 Å². The molecule has 0 spiro atoms. The van der Waals surface area contributed by atoms with Crippen molar-refractivity contribution in [2.75, 3.05) is 13.1 Å². The minimum atomic E-state index is 0.143. The van der Waals surface area contributed by atoms with Gasteiger partial charge in [0.1, 0.15) is 0 Å². The number of nitrogens with one attached hydrogen (secondary N) is 1. The predicted octanol–water partition coefficient (Wildman–Crippen LogP) is 4.01. The molecule has 4 heteroatoms. The second kappa shape index (κ2) is 7.80. The van der Waals surface area contributed by atoms with E-state index in [1.54, 1.807) is 11.3 Å². The highest BCUT2D eigenvalue weighted by molar-refractivity contribution is 7.10. The number of fused-ring (bicyclic) bond motifs is 1. The van der Waals surface area contributed by atoms with Crippen LogP contribution in [0.25, 0.3) is 0 Å². The SMILES string of the molecule is C[C@@H]1CCC[C@@H](C)N1CCCNC(=O)c1csc2c1CCCC2. The molecular formula is C19H30N2OS. The molecule has 3 rings (SSSR count). The molecule has 1 aromatic heterocycles. The standard InChI is InChI=1S/C19H30N2OS/c1-14-7-5-8-15(2)21(14)12-6-11-20-19(22)17-13-23-18-10-4-3-9-16(17)18/h13-15H,3-12H2,1-2H3,(H,20,22)/t14-,15-/m1/s1. The van der Waals surface area contributed by atoms with Gasteiger partial charge in [0.2, 0.25) is 0 Å². The van der Waals surface area contributed by atoms with Gasteiger partial charge in [0.15, 0.2) is 0 Å². The predicted molar refractivity (Wildman–Crippen MR) is 97.4 cm³/mol. The summed E-state index contributed by atoms with van der Waals surface area (Å²) in [7, 11) is 0. The highest BCUT2D eigenvalue weighted by atomic mass is 32.1. The van der Waals surface area contributed by atoms with E-state index in [0.717, 1.165) is 37.9 Å². The minimum absolute atomic E-state index is 0.143. The molecule has 0 saturated carbocycles. The van der Waals surface area contributed by atoms with E-state index in [1.807, 2.05) is 0 Å². The van der Waals surface area contributed by atoms with E-state index >= 15 is 0 Å². The average molecular weight is 335 g/mol. The molecular weight excluding hydrogens is 304 g/mol. The van der Waals surface area contributed by atoms with Crippen molar-refractivity contribution >= 4 is 17.2 Å². The number of carbonyl (C=O) groups excluding carboxylic acids is 1. The first-order valence-corrected chi connectivity index (χ1v) is 10.2. The maximum absolute atomic E-state index is 12.4. The van der Waals surface area contributed by atoms with E-state index in [2.05, 4.69) is 29.4 Å². The van der Waals surface area contributed by atoms with Gasteiger partial charge in [0, 0.05) is 35.4 Å². The summed E-state index contributed by atoms with van der Waals surface area (Å²) in [4.78, 5) is 16.5. The lowest BCUT2D eigenvalue weighted by molar-refractivity contribution is 0.0925. The van der Waals surface area contributed by atoms with E-state index in [4.69, 9.17) is 0 Å². The second-order valence-corrected chi connectivity index (χ2v) is 8.20. The Morgan fingerprint density at radius 3 is 2.74 bits per heavy atom. The number of hydrogen-bond donors (Lipinski definition) is 1. The van der Waals surface area contributed by atoms with E-state index in [1.165, 1.54) is 42.5 Å². The lowest BCUT2D eigenvalue weighted by Crippen LogP contribution is -2.44. The van der Waals surface area contributed by atoms with Gasteiger partial charge in [-0.05, 0) is 64.4 Å². The topological polar surface area (TPSA) is 32.3 Å². The quantitative estimate of drug-likeness (QED) is 0.825. The van der Waals surface area contributed by atoms with Gasteiger partial charge in [-0.3, -0.25) is 9.69 Å². The van der Waals surface area contributed by atoms with E-state index < -0.39 is 0 Å². The lowest BCUT2D eigenvalue weighted by Gasteiger charge is -2.39. The van der Waals surface area contributed by atoms with Crippen molar-refractivity contribution in [1.29, 1.82) is 0 Å². The molecule has 0 unspecified atom stereocenters. The van der Waals surface area contributed by atoms with Gasteiger partial charge in [-0.25, -0.2) is 0 Å². The first kappa shape index (κ1) is 17.0. The van der Waals surface area contributed by atoms with Crippen LogP contribution in [-0.2, 0) is 12.8 Å². The number of carbonyl (C=O) groups is 1. The summed E-state index contributed by atoms with van der Waals surface area (Å²) in [6.07, 6.45) is 9.80. The summed E-state index contributed by atoms with van der Waals surface area (Å²) < 4.78 is 0. The van der Waals surface area contributed by atoms with Crippen LogP contribution in [0.4, 0.5) is 0 Å². The summed E-state index contributed by atoms with van der Waals surface area (Å²) in [5.41, 5.74) is 2.28. The van der Waals surface area contributed by atoms with Crippen molar-refractivity contribution in [1.82, 2.24) is 10.2 Å². The molecule has 1 fully saturated rings. The Bertz CT molecular complexity index is 529. The fourth-order valence-electron chi connectivity index (χ4n) is 4.16. The van der Waals surface area contributed by atoms with Crippen LogP contribution in [0.5, 0.6) is 0 Å². The summed E-state index contributed by atoms with van der Waals surface area (Å²) in [6, 6.07) is 1.39. The number of likely N-dealkylation sites (tertiary alicyclic amines) is 1. The number of nitrogens with zero attached hydrogens (tertiary/aromatic N) is 1. The van der Waals surface area contributed by atoms with Gasteiger partial charge in [0.25, 0.3) is 5.91 Å². The molecule has 1 amide bonds. The van der Waals surface area contributed by atoms with Crippen LogP contribution in [0.2, 0.25) is 0 Å². The van der Waals surface area contributed by atoms with E-state index in [0.29, 0.717) is 12.1 Å². The number of amides is 1. The third kappa shape index (κ3) is 3.97. The van der Waals surface area contributed by atoms with Crippen molar-refractivity contribution in [2.24, 2.45) is 0 Å². The molecule has 2 atom stereocenters. The van der Waals surface area contributed by atoms with Gasteiger partial charge >= 0.3 is 0 Å². The summed E-state index contributed by atoms with van der Waals surface area (Å²) in [5.74, 6) is 0.143. The molecule has 1 N–H and O–H groups in total. The molecule has 1 aliphatic heterocycles. The molecule has 2 aliphatic rings. The third-order valence-electron chi connectivity index (χ3n) is 5.56. The van der Waals surface area contributed by atoms with Crippen LogP contribution >= 0.6 is 11.3 Å². The number of thiophene rings is 1. The number of rotatable bonds is 5. The molecule has 2 heterocycles. The van der Waals surface area contributed by atoms with Crippen molar-refractivity contribution in [3.63, 3.8) is 0 Å². The van der Waals surface area contributed by atoms with Crippen LogP contribution in [0.15, 0.2) is 5.38 Å². The third-order valence-corrected chi connectivity index (χ3v) is 6.65. The molecule has 0 aromatic carbocycles. The molecule has 128 valence electrons. The smallest absolute Gasteiger partial charge is 0.252 e. The van der Waals surface area contributed by atoms with Gasteiger partial charge in [-0.15, -0.1) is 11.3 Å². The fraction of sp³-hybridized carbons (Fsp3) is 0.737.